The van der Waals surface area contributed by atoms with Crippen molar-refractivity contribution in [3.8, 4) is 6.57 Å². The van der Waals surface area contributed by atoms with E-state index in [1.54, 1.807) is 4.52 Å². The Bertz CT molecular complexity index is 1520. The van der Waals surface area contributed by atoms with E-state index >= 15 is 0 Å². The Hall–Kier alpha value is -3.09. The van der Waals surface area contributed by atoms with E-state index in [1.807, 2.05) is 64.3 Å². The molecular weight excluding hydrogens is 807 g/mol. The number of anilines is 2. The van der Waals surface area contributed by atoms with Gasteiger partial charge in [-0.05, 0) is 69.6 Å². The van der Waals surface area contributed by atoms with Crippen molar-refractivity contribution in [1.82, 2.24) is 19.5 Å². The van der Waals surface area contributed by atoms with Gasteiger partial charge < -0.3 is 39.7 Å². The van der Waals surface area contributed by atoms with Crippen molar-refractivity contribution >= 4 is 25.6 Å². The molecule has 3 unspecified atom stereocenters. The Morgan fingerprint density at radius 2 is 1.46 bits per heavy atom. The van der Waals surface area contributed by atoms with Gasteiger partial charge in [-0.2, -0.15) is 18.3 Å². The van der Waals surface area contributed by atoms with Gasteiger partial charge in [-0.1, -0.05) is 122 Å². The Labute approximate surface area is 365 Å². The maximum absolute atomic E-state index is 12.1. The summed E-state index contributed by atoms with van der Waals surface area (Å²) in [6.07, 6.45) is 17.0. The number of fused-ring (bicyclic) bond motifs is 1. The first-order valence-electron chi connectivity index (χ1n) is 22.4. The van der Waals surface area contributed by atoms with E-state index in [0.717, 1.165) is 80.5 Å². The summed E-state index contributed by atoms with van der Waals surface area (Å²) in [5.74, 6) is 0.438. The molecule has 0 saturated carbocycles. The molecule has 0 amide bonds. The number of unbranched alkanes of at least 4 members (excludes halogenated alkanes) is 16. The first-order valence-corrected chi connectivity index (χ1v) is 23.6. The van der Waals surface area contributed by atoms with Crippen LogP contribution in [0, 0.1) is 11.8 Å². The fourth-order valence-corrected chi connectivity index (χ4v) is 7.53. The number of aliphatic hydroxyl groups excluding tert-OH is 1. The lowest BCUT2D eigenvalue weighted by Gasteiger charge is -2.16. The molecule has 1 aliphatic rings. The topological polar surface area (TPSA) is 163 Å². The van der Waals surface area contributed by atoms with E-state index in [1.165, 1.54) is 70.5 Å². The smallest absolute Gasteiger partial charge is 0.389 e. The number of ether oxygens (including phenoxy) is 1. The van der Waals surface area contributed by atoms with Gasteiger partial charge in [-0.15, -0.1) is 0 Å². The average molecular weight is 884 g/mol. The number of nitriles is 1. The fourth-order valence-electron chi connectivity index (χ4n) is 6.87. The zero-order valence-corrected chi connectivity index (χ0v) is 38.4. The second-order valence-electron chi connectivity index (χ2n) is 15.4. The molecule has 3 heterocycles. The molecule has 2 aromatic heterocycles. The van der Waals surface area contributed by atoms with Crippen LogP contribution in [-0.2, 0) is 20.4 Å². The number of benzene rings is 1. The minimum absolute atomic E-state index is 0.0973. The summed E-state index contributed by atoms with van der Waals surface area (Å²) in [4.78, 5) is 16.2. The molecule has 0 spiro atoms. The third-order valence-corrected chi connectivity index (χ3v) is 10.9. The summed E-state index contributed by atoms with van der Waals surface area (Å²) in [5, 5.41) is 23.0. The summed E-state index contributed by atoms with van der Waals surface area (Å²) in [5.41, 5.74) is 9.64. The number of nitrogens with zero attached hydrogens (tertiary/aromatic N) is 5. The lowest BCUT2D eigenvalue weighted by atomic mass is 10.0. The van der Waals surface area contributed by atoms with Gasteiger partial charge in [-0.3, -0.25) is 0 Å². The largest absolute Gasteiger partial charge is 0.392 e. The number of alkyl halides is 3. The van der Waals surface area contributed by atoms with Crippen molar-refractivity contribution in [1.29, 1.82) is 5.26 Å². The van der Waals surface area contributed by atoms with Crippen molar-refractivity contribution in [3.05, 3.63) is 54.0 Å². The van der Waals surface area contributed by atoms with Crippen molar-refractivity contribution in [2.24, 2.45) is 0 Å². The normalized spacial score (nSPS) is 15.3. The van der Waals surface area contributed by atoms with Gasteiger partial charge >= 0.3 is 14.8 Å². The van der Waals surface area contributed by atoms with E-state index < -0.39 is 21.2 Å². The predicted molar refractivity (Wildman–Crippen MR) is 242 cm³/mol. The Balaban J connectivity index is 0.000000864. The quantitative estimate of drug-likeness (QED) is 0.0387. The van der Waals surface area contributed by atoms with Crippen LogP contribution in [0.3, 0.4) is 0 Å². The molecule has 3 atom stereocenters. The summed E-state index contributed by atoms with van der Waals surface area (Å²) >= 11 is 0. The van der Waals surface area contributed by atoms with Crippen LogP contribution < -0.4 is 11.1 Å². The van der Waals surface area contributed by atoms with Gasteiger partial charge in [0, 0.05) is 31.8 Å². The van der Waals surface area contributed by atoms with E-state index in [0.29, 0.717) is 25.5 Å². The first-order chi connectivity index (χ1) is 29.6. The van der Waals surface area contributed by atoms with Crippen LogP contribution in [0.2, 0.25) is 0 Å². The van der Waals surface area contributed by atoms with Crippen molar-refractivity contribution in [3.63, 3.8) is 0 Å². The third-order valence-electron chi connectivity index (χ3n) is 10.1. The van der Waals surface area contributed by atoms with Gasteiger partial charge in [-0.25, -0.2) is 14.8 Å². The number of hydrogen-bond donors (Lipinski definition) is 4. The Kier molecular flexibility index (Phi) is 32.4. The number of aliphatic hydroxyl groups is 1. The number of likely N-dealkylation sites (N-methyl/N-ethyl adjacent to an activating group) is 1. The number of aromatic nitrogens is 3. The molecule has 1 fully saturated rings. The molecule has 4 rings (SSSR count). The SMILES string of the molecule is C#N.CC.CN(C)CCNc1cccc(CO)c1.Nc1ncnn2c(C3CCC(COP(O)OCCCCCCCCCCCCCCCCCCCC(F)(F)F)O3)ccc12. The molecule has 61 heavy (non-hydrogen) atoms. The minimum Gasteiger partial charge on any atom is -0.392 e. The molecular formula is C45H77F3N7O5P. The number of nitrogen functional groups attached to an aromatic ring is 1. The lowest BCUT2D eigenvalue weighted by molar-refractivity contribution is -0.135. The molecule has 12 nitrogen and oxygen atoms in total. The number of nitrogens with two attached hydrogens (primary N) is 1. The minimum atomic E-state index is -4.00. The van der Waals surface area contributed by atoms with Crippen LogP contribution in [0.5, 0.6) is 0 Å². The van der Waals surface area contributed by atoms with Crippen LogP contribution in [-0.4, -0.2) is 82.2 Å². The molecule has 1 aliphatic heterocycles. The Morgan fingerprint density at radius 1 is 0.885 bits per heavy atom. The number of hydrogen-bond acceptors (Lipinski definition) is 11. The molecule has 1 aromatic carbocycles. The van der Waals surface area contributed by atoms with Crippen LogP contribution in [0.25, 0.3) is 5.52 Å². The van der Waals surface area contributed by atoms with Gasteiger partial charge in [0.15, 0.2) is 5.82 Å². The van der Waals surface area contributed by atoms with E-state index in [-0.39, 0.29) is 25.2 Å². The van der Waals surface area contributed by atoms with Gasteiger partial charge in [0.25, 0.3) is 0 Å². The zero-order chi connectivity index (χ0) is 45.1. The molecule has 5 N–H and O–H groups in total. The molecule has 348 valence electrons. The van der Waals surface area contributed by atoms with Crippen molar-refractivity contribution in [2.45, 2.75) is 167 Å². The summed E-state index contributed by atoms with van der Waals surface area (Å²) in [6, 6.07) is 11.7. The number of halogens is 3. The van der Waals surface area contributed by atoms with Crippen LogP contribution in [0.1, 0.15) is 160 Å². The Morgan fingerprint density at radius 3 is 2.02 bits per heavy atom. The van der Waals surface area contributed by atoms with Gasteiger partial charge in [0.1, 0.15) is 17.9 Å². The first kappa shape index (κ1) is 55.9. The zero-order valence-electron chi connectivity index (χ0n) is 37.5. The van der Waals surface area contributed by atoms with Crippen molar-refractivity contribution in [2.75, 3.05) is 51.4 Å². The molecule has 16 heteroatoms. The summed E-state index contributed by atoms with van der Waals surface area (Å²) in [6.45, 7) is 10.3. The molecule has 0 aliphatic carbocycles. The summed E-state index contributed by atoms with van der Waals surface area (Å²) < 4.78 is 55.2. The van der Waals surface area contributed by atoms with Crippen LogP contribution in [0.4, 0.5) is 24.7 Å². The maximum Gasteiger partial charge on any atom is 0.389 e. The van der Waals surface area contributed by atoms with Gasteiger partial charge in [0.2, 0.25) is 0 Å². The highest BCUT2D eigenvalue weighted by Crippen LogP contribution is 2.38. The molecule has 0 bridgehead atoms. The van der Waals surface area contributed by atoms with E-state index in [2.05, 4.69) is 26.9 Å². The van der Waals surface area contributed by atoms with Crippen molar-refractivity contribution < 1.29 is 37.0 Å². The van der Waals surface area contributed by atoms with E-state index in [4.69, 9.17) is 29.9 Å². The number of rotatable bonds is 29. The second kappa shape index (κ2) is 35.4. The van der Waals surface area contributed by atoms with Gasteiger partial charge in [0.05, 0.1) is 31.6 Å². The van der Waals surface area contributed by atoms with Crippen LogP contribution in [0.15, 0.2) is 42.7 Å². The second-order valence-corrected chi connectivity index (χ2v) is 16.3. The molecule has 3 aromatic rings. The van der Waals surface area contributed by atoms with Crippen LogP contribution >= 0.6 is 8.60 Å². The monoisotopic (exact) mass is 884 g/mol. The number of nitrogens with one attached hydrogen (secondary N) is 1. The maximum atomic E-state index is 12.1. The lowest BCUT2D eigenvalue weighted by Crippen LogP contribution is -2.20. The summed E-state index contributed by atoms with van der Waals surface area (Å²) in [7, 11) is 2.20. The fraction of sp³-hybridized carbons (Fsp3) is 0.711. The van der Waals surface area contributed by atoms with E-state index in [9.17, 15) is 18.1 Å². The third kappa shape index (κ3) is 26.9. The molecule has 0 radical (unpaired) electrons. The average Bonchev–Trinajstić information content (AvgIpc) is 3.92. The standard InChI is InChI=1S/C31H52F3N4O4P.C11H18N2O.C2H6.CHN/c32-31(33,34)22-16-14-12-10-8-6-4-2-1-3-5-7-9-11-13-15-17-23-40-43(39)41-24-26-18-21-29(42-26)27-19-20-28-30(35)36-25-37-38(27)28;1-13(2)7-6-12-11-5-3-4-10(8-11)9-14;2*1-2/h19-20,25-26,29,39H,1-18,21-24H2,(H2,35,36,37);3-5,8,12,14H,6-7,9H2,1-2H3;1-2H3;1H. The highest BCUT2D eigenvalue weighted by atomic mass is 31.2. The molecule has 1 saturated heterocycles. The predicted octanol–water partition coefficient (Wildman–Crippen LogP) is 11.7. The highest BCUT2D eigenvalue weighted by molar-refractivity contribution is 7.40. The highest BCUT2D eigenvalue weighted by Gasteiger charge is 2.30.